The van der Waals surface area contributed by atoms with Crippen molar-refractivity contribution in [3.8, 4) is 0 Å². The van der Waals surface area contributed by atoms with Crippen LogP contribution in [0.3, 0.4) is 0 Å². The highest BCUT2D eigenvalue weighted by Gasteiger charge is 2.20. The van der Waals surface area contributed by atoms with Crippen LogP contribution in [0, 0.1) is 11.8 Å². The van der Waals surface area contributed by atoms with Gasteiger partial charge in [-0.1, -0.05) is 142 Å². The second kappa shape index (κ2) is 19.3. The van der Waals surface area contributed by atoms with E-state index in [2.05, 4.69) is 6.92 Å². The smallest absolute Gasteiger partial charge is 0.00773 e. The fraction of sp³-hybridized carbons (Fsp3) is 1.00. The van der Waals surface area contributed by atoms with Crippen LogP contribution in [0.2, 0.25) is 0 Å². The first-order valence-electron chi connectivity index (χ1n) is 13.1. The van der Waals surface area contributed by atoms with E-state index in [1.807, 2.05) is 0 Å². The standard InChI is InChI=1S/C26H53N/c1-2-3-4-5-6-9-12-15-18-25-20-22-26(23-21-25)19-16-13-10-7-8-11-14-17-24-27/h25-26H,2-24,27H2,1H3. The van der Waals surface area contributed by atoms with Crippen molar-refractivity contribution in [2.75, 3.05) is 6.54 Å². The topological polar surface area (TPSA) is 26.0 Å². The van der Waals surface area contributed by atoms with Crippen molar-refractivity contribution in [3.05, 3.63) is 0 Å². The molecule has 2 N–H and O–H groups in total. The second-order valence-electron chi connectivity index (χ2n) is 9.56. The van der Waals surface area contributed by atoms with Crippen LogP contribution >= 0.6 is 0 Å². The molecule has 1 aliphatic rings. The molecule has 0 amide bonds. The third-order valence-electron chi connectivity index (χ3n) is 7.00. The lowest BCUT2D eigenvalue weighted by Gasteiger charge is -2.28. The Labute approximate surface area is 172 Å². The van der Waals surface area contributed by atoms with E-state index in [1.165, 1.54) is 116 Å². The summed E-state index contributed by atoms with van der Waals surface area (Å²) in [6, 6.07) is 0. The van der Waals surface area contributed by atoms with E-state index >= 15 is 0 Å². The first-order valence-corrected chi connectivity index (χ1v) is 13.1. The molecule has 0 heterocycles. The van der Waals surface area contributed by atoms with E-state index < -0.39 is 0 Å². The first kappa shape index (κ1) is 25.0. The zero-order valence-electron chi connectivity index (χ0n) is 19.0. The molecule has 27 heavy (non-hydrogen) atoms. The van der Waals surface area contributed by atoms with Gasteiger partial charge in [0.25, 0.3) is 0 Å². The van der Waals surface area contributed by atoms with Crippen molar-refractivity contribution in [1.82, 2.24) is 0 Å². The number of hydrogen-bond acceptors (Lipinski definition) is 1. The summed E-state index contributed by atoms with van der Waals surface area (Å²) >= 11 is 0. The molecule has 0 atom stereocenters. The summed E-state index contributed by atoms with van der Waals surface area (Å²) in [4.78, 5) is 0. The summed E-state index contributed by atoms with van der Waals surface area (Å²) in [7, 11) is 0. The zero-order chi connectivity index (χ0) is 19.4. The summed E-state index contributed by atoms with van der Waals surface area (Å²) in [6.07, 6.45) is 32.3. The van der Waals surface area contributed by atoms with Gasteiger partial charge < -0.3 is 5.73 Å². The molecule has 0 spiro atoms. The average molecular weight is 380 g/mol. The molecule has 162 valence electrons. The van der Waals surface area contributed by atoms with Crippen LogP contribution in [0.5, 0.6) is 0 Å². The third-order valence-corrected chi connectivity index (χ3v) is 7.00. The van der Waals surface area contributed by atoms with Crippen molar-refractivity contribution in [2.24, 2.45) is 17.6 Å². The molecule has 0 aromatic carbocycles. The summed E-state index contributed by atoms with van der Waals surface area (Å²) < 4.78 is 0. The molecule has 0 aromatic heterocycles. The maximum absolute atomic E-state index is 5.54. The van der Waals surface area contributed by atoms with Gasteiger partial charge in [0.05, 0.1) is 0 Å². The normalized spacial score (nSPS) is 20.2. The minimum absolute atomic E-state index is 0.876. The van der Waals surface area contributed by atoms with Gasteiger partial charge in [0.15, 0.2) is 0 Å². The molecule has 1 heteroatoms. The summed E-state index contributed by atoms with van der Waals surface area (Å²) in [5.74, 6) is 2.15. The summed E-state index contributed by atoms with van der Waals surface area (Å²) in [6.45, 7) is 3.18. The fourth-order valence-corrected chi connectivity index (χ4v) is 5.01. The van der Waals surface area contributed by atoms with Crippen LogP contribution in [0.15, 0.2) is 0 Å². The number of nitrogens with two attached hydrogens (primary N) is 1. The molecule has 1 fully saturated rings. The molecule has 0 aliphatic heterocycles. The maximum Gasteiger partial charge on any atom is -0.00773 e. The highest BCUT2D eigenvalue weighted by molar-refractivity contribution is 4.73. The van der Waals surface area contributed by atoms with Gasteiger partial charge in [-0.25, -0.2) is 0 Å². The molecule has 1 nitrogen and oxygen atoms in total. The molecule has 0 unspecified atom stereocenters. The highest BCUT2D eigenvalue weighted by atomic mass is 14.5. The Morgan fingerprint density at radius 3 is 1.19 bits per heavy atom. The second-order valence-corrected chi connectivity index (χ2v) is 9.56. The van der Waals surface area contributed by atoms with Gasteiger partial charge in [0.1, 0.15) is 0 Å². The van der Waals surface area contributed by atoms with Crippen molar-refractivity contribution in [1.29, 1.82) is 0 Å². The first-order chi connectivity index (χ1) is 13.4. The molecule has 1 aliphatic carbocycles. The maximum atomic E-state index is 5.54. The Bertz CT molecular complexity index is 280. The zero-order valence-corrected chi connectivity index (χ0v) is 19.0. The predicted octanol–water partition coefficient (Wildman–Crippen LogP) is 8.79. The monoisotopic (exact) mass is 379 g/mol. The van der Waals surface area contributed by atoms with Gasteiger partial charge >= 0.3 is 0 Å². The molecule has 1 rings (SSSR count). The third kappa shape index (κ3) is 15.5. The molecular weight excluding hydrogens is 326 g/mol. The summed E-state index contributed by atoms with van der Waals surface area (Å²) in [5.41, 5.74) is 5.54. The fourth-order valence-electron chi connectivity index (χ4n) is 5.01. The lowest BCUT2D eigenvalue weighted by Crippen LogP contribution is -2.14. The van der Waals surface area contributed by atoms with Crippen molar-refractivity contribution in [2.45, 2.75) is 148 Å². The lowest BCUT2D eigenvalue weighted by molar-refractivity contribution is 0.244. The van der Waals surface area contributed by atoms with Crippen molar-refractivity contribution < 1.29 is 0 Å². The minimum atomic E-state index is 0.876. The Morgan fingerprint density at radius 2 is 0.815 bits per heavy atom. The molecule has 0 bridgehead atoms. The minimum Gasteiger partial charge on any atom is -0.330 e. The van der Waals surface area contributed by atoms with Gasteiger partial charge in [-0.15, -0.1) is 0 Å². The van der Waals surface area contributed by atoms with Crippen LogP contribution in [-0.4, -0.2) is 6.54 Å². The van der Waals surface area contributed by atoms with E-state index in [0.717, 1.165) is 18.4 Å². The lowest BCUT2D eigenvalue weighted by atomic mass is 9.78. The van der Waals surface area contributed by atoms with Crippen LogP contribution in [0.1, 0.15) is 148 Å². The van der Waals surface area contributed by atoms with E-state index in [1.54, 1.807) is 25.7 Å². The van der Waals surface area contributed by atoms with Gasteiger partial charge in [-0.05, 0) is 24.8 Å². The Hall–Kier alpha value is -0.0400. The van der Waals surface area contributed by atoms with Gasteiger partial charge in [0.2, 0.25) is 0 Å². The molecule has 0 saturated heterocycles. The predicted molar refractivity (Wildman–Crippen MR) is 123 cm³/mol. The van der Waals surface area contributed by atoms with E-state index in [-0.39, 0.29) is 0 Å². The summed E-state index contributed by atoms with van der Waals surface area (Å²) in [5, 5.41) is 0. The van der Waals surface area contributed by atoms with Crippen LogP contribution in [-0.2, 0) is 0 Å². The Morgan fingerprint density at radius 1 is 0.481 bits per heavy atom. The quantitative estimate of drug-likeness (QED) is 0.223. The van der Waals surface area contributed by atoms with E-state index in [9.17, 15) is 0 Å². The Balaban J connectivity index is 1.82. The van der Waals surface area contributed by atoms with Crippen LogP contribution in [0.4, 0.5) is 0 Å². The van der Waals surface area contributed by atoms with Crippen LogP contribution < -0.4 is 5.73 Å². The molecule has 0 radical (unpaired) electrons. The highest BCUT2D eigenvalue weighted by Crippen LogP contribution is 2.34. The number of hydrogen-bond donors (Lipinski definition) is 1. The number of rotatable bonds is 19. The van der Waals surface area contributed by atoms with E-state index in [4.69, 9.17) is 5.73 Å². The average Bonchev–Trinajstić information content (AvgIpc) is 2.70. The van der Waals surface area contributed by atoms with E-state index in [0.29, 0.717) is 0 Å². The molecule has 0 aromatic rings. The van der Waals surface area contributed by atoms with Gasteiger partial charge in [0, 0.05) is 0 Å². The SMILES string of the molecule is CCCCCCCCCCC1CCC(CCCCCCCCCCN)CC1. The van der Waals surface area contributed by atoms with Crippen LogP contribution in [0.25, 0.3) is 0 Å². The number of unbranched alkanes of at least 4 members (excludes halogenated alkanes) is 14. The van der Waals surface area contributed by atoms with Gasteiger partial charge in [-0.2, -0.15) is 0 Å². The Kier molecular flexibility index (Phi) is 17.9. The van der Waals surface area contributed by atoms with Crippen molar-refractivity contribution in [3.63, 3.8) is 0 Å². The molecule has 1 saturated carbocycles. The molecular formula is C26H53N. The van der Waals surface area contributed by atoms with Gasteiger partial charge in [-0.3, -0.25) is 0 Å². The largest absolute Gasteiger partial charge is 0.330 e. The van der Waals surface area contributed by atoms with Crippen molar-refractivity contribution >= 4 is 0 Å².